The van der Waals surface area contributed by atoms with Crippen LogP contribution in [-0.2, 0) is 0 Å². The molecule has 1 aromatic heterocycles. The lowest BCUT2D eigenvalue weighted by molar-refractivity contribution is 0.286. The van der Waals surface area contributed by atoms with E-state index < -0.39 is 0 Å². The van der Waals surface area contributed by atoms with Crippen LogP contribution in [0.4, 0.5) is 0 Å². The molecule has 1 fully saturated rings. The SMILES string of the molecule is [N-]=[N+]=NC1CCCCC1n1cccn1. The van der Waals surface area contributed by atoms with Gasteiger partial charge in [0.2, 0.25) is 0 Å². The van der Waals surface area contributed by atoms with E-state index in [1.54, 1.807) is 6.20 Å². The fourth-order valence-electron chi connectivity index (χ4n) is 2.08. The van der Waals surface area contributed by atoms with Gasteiger partial charge in [0.1, 0.15) is 0 Å². The molecule has 0 spiro atoms. The molecule has 0 bridgehead atoms. The smallest absolute Gasteiger partial charge is 0.0603 e. The molecule has 0 radical (unpaired) electrons. The van der Waals surface area contributed by atoms with Crippen molar-refractivity contribution in [2.75, 3.05) is 0 Å². The molecule has 5 nitrogen and oxygen atoms in total. The number of nitrogens with zero attached hydrogens (tertiary/aromatic N) is 5. The van der Waals surface area contributed by atoms with Crippen molar-refractivity contribution < 1.29 is 0 Å². The van der Waals surface area contributed by atoms with Gasteiger partial charge >= 0.3 is 0 Å². The zero-order chi connectivity index (χ0) is 9.80. The lowest BCUT2D eigenvalue weighted by Gasteiger charge is -2.28. The minimum atomic E-state index is 0.0775. The molecule has 0 amide bonds. The van der Waals surface area contributed by atoms with Crippen LogP contribution in [0.2, 0.25) is 0 Å². The number of aromatic nitrogens is 2. The van der Waals surface area contributed by atoms with Crippen molar-refractivity contribution in [2.45, 2.75) is 37.8 Å². The van der Waals surface area contributed by atoms with Crippen molar-refractivity contribution in [1.29, 1.82) is 0 Å². The van der Waals surface area contributed by atoms with E-state index in [4.69, 9.17) is 5.53 Å². The van der Waals surface area contributed by atoms with E-state index in [9.17, 15) is 0 Å². The van der Waals surface area contributed by atoms with Gasteiger partial charge in [0.25, 0.3) is 0 Å². The van der Waals surface area contributed by atoms with Crippen LogP contribution >= 0.6 is 0 Å². The Morgan fingerprint density at radius 1 is 1.43 bits per heavy atom. The summed E-state index contributed by atoms with van der Waals surface area (Å²) in [5.41, 5.74) is 8.46. The van der Waals surface area contributed by atoms with E-state index >= 15 is 0 Å². The van der Waals surface area contributed by atoms with Crippen molar-refractivity contribution in [3.63, 3.8) is 0 Å². The topological polar surface area (TPSA) is 66.6 Å². The van der Waals surface area contributed by atoms with Gasteiger partial charge < -0.3 is 0 Å². The van der Waals surface area contributed by atoms with E-state index in [2.05, 4.69) is 15.1 Å². The molecular formula is C9H13N5. The van der Waals surface area contributed by atoms with Gasteiger partial charge in [0, 0.05) is 17.3 Å². The zero-order valence-corrected chi connectivity index (χ0v) is 7.95. The maximum absolute atomic E-state index is 8.46. The maximum atomic E-state index is 8.46. The van der Waals surface area contributed by atoms with Gasteiger partial charge in [0.15, 0.2) is 0 Å². The van der Waals surface area contributed by atoms with Gasteiger partial charge in [0.05, 0.1) is 12.1 Å². The van der Waals surface area contributed by atoms with Crippen LogP contribution in [-0.4, -0.2) is 15.8 Å². The summed E-state index contributed by atoms with van der Waals surface area (Å²) < 4.78 is 1.92. The molecule has 1 aromatic rings. The summed E-state index contributed by atoms with van der Waals surface area (Å²) in [7, 11) is 0. The second-order valence-corrected chi connectivity index (χ2v) is 3.61. The van der Waals surface area contributed by atoms with Gasteiger partial charge in [-0.2, -0.15) is 5.10 Å². The highest BCUT2D eigenvalue weighted by molar-refractivity contribution is 4.89. The largest absolute Gasteiger partial charge is 0.269 e. The first kappa shape index (κ1) is 9.09. The highest BCUT2D eigenvalue weighted by Gasteiger charge is 2.25. The molecule has 2 unspecified atom stereocenters. The maximum Gasteiger partial charge on any atom is 0.0603 e. The molecule has 1 aliphatic carbocycles. The summed E-state index contributed by atoms with van der Waals surface area (Å²) >= 11 is 0. The molecule has 1 saturated carbocycles. The minimum absolute atomic E-state index is 0.0775. The van der Waals surface area contributed by atoms with Gasteiger partial charge in [-0.05, 0) is 24.4 Å². The van der Waals surface area contributed by atoms with E-state index in [-0.39, 0.29) is 12.1 Å². The lowest BCUT2D eigenvalue weighted by atomic mass is 9.91. The van der Waals surface area contributed by atoms with Crippen LogP contribution in [0, 0.1) is 0 Å². The Labute approximate surface area is 82.4 Å². The molecule has 14 heavy (non-hydrogen) atoms. The normalized spacial score (nSPS) is 26.9. The lowest BCUT2D eigenvalue weighted by Crippen LogP contribution is -2.26. The second-order valence-electron chi connectivity index (χ2n) is 3.61. The molecule has 2 atom stereocenters. The Morgan fingerprint density at radius 2 is 2.29 bits per heavy atom. The fraction of sp³-hybridized carbons (Fsp3) is 0.667. The Balaban J connectivity index is 2.18. The fourth-order valence-corrected chi connectivity index (χ4v) is 2.08. The van der Waals surface area contributed by atoms with E-state index in [0.717, 1.165) is 19.3 Å². The zero-order valence-electron chi connectivity index (χ0n) is 7.95. The van der Waals surface area contributed by atoms with Crippen LogP contribution in [0.3, 0.4) is 0 Å². The van der Waals surface area contributed by atoms with Gasteiger partial charge in [-0.15, -0.1) is 0 Å². The minimum Gasteiger partial charge on any atom is -0.269 e. The molecule has 0 aliphatic heterocycles. The van der Waals surface area contributed by atoms with Crippen molar-refractivity contribution >= 4 is 0 Å². The Bertz CT molecular complexity index is 325. The first-order valence-corrected chi connectivity index (χ1v) is 4.95. The van der Waals surface area contributed by atoms with Crippen molar-refractivity contribution in [3.8, 4) is 0 Å². The molecule has 0 N–H and O–H groups in total. The third kappa shape index (κ3) is 1.72. The first-order valence-electron chi connectivity index (χ1n) is 4.95. The predicted octanol–water partition coefficient (Wildman–Crippen LogP) is 2.68. The van der Waals surface area contributed by atoms with Crippen molar-refractivity contribution in [3.05, 3.63) is 28.9 Å². The number of hydrogen-bond acceptors (Lipinski definition) is 2. The summed E-state index contributed by atoms with van der Waals surface area (Å²) in [6.45, 7) is 0. The van der Waals surface area contributed by atoms with Crippen LogP contribution in [0.25, 0.3) is 10.4 Å². The molecule has 0 aromatic carbocycles. The average Bonchev–Trinajstić information content (AvgIpc) is 2.72. The third-order valence-electron chi connectivity index (χ3n) is 2.76. The van der Waals surface area contributed by atoms with Crippen LogP contribution in [0.5, 0.6) is 0 Å². The molecule has 74 valence electrons. The average molecular weight is 191 g/mol. The monoisotopic (exact) mass is 191 g/mol. The molecule has 2 rings (SSSR count). The summed E-state index contributed by atoms with van der Waals surface area (Å²) in [5, 5.41) is 8.05. The molecule has 1 aliphatic rings. The Kier molecular flexibility index (Phi) is 2.70. The van der Waals surface area contributed by atoms with E-state index in [1.165, 1.54) is 6.42 Å². The van der Waals surface area contributed by atoms with Crippen LogP contribution < -0.4 is 0 Å². The quantitative estimate of drug-likeness (QED) is 0.402. The molecule has 5 heteroatoms. The van der Waals surface area contributed by atoms with Crippen LogP contribution in [0.15, 0.2) is 23.6 Å². The van der Waals surface area contributed by atoms with Crippen LogP contribution in [0.1, 0.15) is 31.7 Å². The predicted molar refractivity (Wildman–Crippen MR) is 52.7 cm³/mol. The summed E-state index contributed by atoms with van der Waals surface area (Å²) in [4.78, 5) is 2.90. The molecule has 0 saturated heterocycles. The van der Waals surface area contributed by atoms with E-state index in [1.807, 2.05) is 16.9 Å². The van der Waals surface area contributed by atoms with Gasteiger partial charge in [-0.25, -0.2) is 0 Å². The molecular weight excluding hydrogens is 178 g/mol. The van der Waals surface area contributed by atoms with Crippen molar-refractivity contribution in [2.24, 2.45) is 5.11 Å². The second kappa shape index (κ2) is 4.15. The summed E-state index contributed by atoms with van der Waals surface area (Å²) in [6.07, 6.45) is 8.10. The number of azide groups is 1. The third-order valence-corrected chi connectivity index (χ3v) is 2.76. The number of rotatable bonds is 2. The first-order chi connectivity index (χ1) is 6.92. The Hall–Kier alpha value is -1.48. The van der Waals surface area contributed by atoms with Crippen molar-refractivity contribution in [1.82, 2.24) is 9.78 Å². The highest BCUT2D eigenvalue weighted by atomic mass is 15.3. The van der Waals surface area contributed by atoms with Gasteiger partial charge in [-0.3, -0.25) is 4.68 Å². The Morgan fingerprint density at radius 3 is 3.00 bits per heavy atom. The highest BCUT2D eigenvalue weighted by Crippen LogP contribution is 2.30. The summed E-state index contributed by atoms with van der Waals surface area (Å²) in [6, 6.07) is 2.24. The van der Waals surface area contributed by atoms with Gasteiger partial charge in [-0.1, -0.05) is 18.0 Å². The molecule has 1 heterocycles. The standard InChI is InChI=1S/C9H13N5/c10-13-12-8-4-1-2-5-9(8)14-7-3-6-11-14/h3,6-9H,1-2,4-5H2. The van der Waals surface area contributed by atoms with E-state index in [0.29, 0.717) is 0 Å². The number of hydrogen-bond donors (Lipinski definition) is 0. The summed E-state index contributed by atoms with van der Waals surface area (Å²) in [5.74, 6) is 0.